The standard InChI is InChI=1S/C14H23N3/c1-3-15-14(13-10-16-17(2)11-13)9-12-7-5-4-6-8-12/h7,10-11,14-15H,3-6,8-9H2,1-2H3. The molecule has 1 aliphatic rings. The monoisotopic (exact) mass is 233 g/mol. The zero-order valence-electron chi connectivity index (χ0n) is 10.9. The van der Waals surface area contributed by atoms with E-state index in [2.05, 4.69) is 29.6 Å². The summed E-state index contributed by atoms with van der Waals surface area (Å²) in [5.41, 5.74) is 2.92. The van der Waals surface area contributed by atoms with E-state index in [-0.39, 0.29) is 0 Å². The van der Waals surface area contributed by atoms with E-state index in [9.17, 15) is 0 Å². The van der Waals surface area contributed by atoms with Gasteiger partial charge in [0.1, 0.15) is 0 Å². The van der Waals surface area contributed by atoms with Crippen LogP contribution in [0.15, 0.2) is 24.0 Å². The fourth-order valence-corrected chi connectivity index (χ4v) is 2.53. The summed E-state index contributed by atoms with van der Waals surface area (Å²) in [5, 5.41) is 7.84. The van der Waals surface area contributed by atoms with Crippen LogP contribution < -0.4 is 5.32 Å². The van der Waals surface area contributed by atoms with Crippen LogP contribution in [0.3, 0.4) is 0 Å². The lowest BCUT2D eigenvalue weighted by atomic mass is 9.92. The van der Waals surface area contributed by atoms with E-state index in [4.69, 9.17) is 0 Å². The maximum absolute atomic E-state index is 4.27. The minimum atomic E-state index is 0.429. The van der Waals surface area contributed by atoms with E-state index < -0.39 is 0 Å². The fourth-order valence-electron chi connectivity index (χ4n) is 2.53. The van der Waals surface area contributed by atoms with Gasteiger partial charge in [0.05, 0.1) is 6.20 Å². The van der Waals surface area contributed by atoms with Crippen molar-refractivity contribution in [3.05, 3.63) is 29.6 Å². The first-order chi connectivity index (χ1) is 8.29. The van der Waals surface area contributed by atoms with Gasteiger partial charge in [0.15, 0.2) is 0 Å². The lowest BCUT2D eigenvalue weighted by Gasteiger charge is -2.20. The summed E-state index contributed by atoms with van der Waals surface area (Å²) >= 11 is 0. The molecule has 0 bridgehead atoms. The quantitative estimate of drug-likeness (QED) is 0.792. The smallest absolute Gasteiger partial charge is 0.0537 e. The minimum Gasteiger partial charge on any atom is -0.310 e. The van der Waals surface area contributed by atoms with E-state index in [1.165, 1.54) is 31.2 Å². The number of hydrogen-bond donors (Lipinski definition) is 1. The molecule has 1 unspecified atom stereocenters. The molecule has 0 fully saturated rings. The second-order valence-corrected chi connectivity index (χ2v) is 4.87. The van der Waals surface area contributed by atoms with Gasteiger partial charge in [-0.05, 0) is 38.6 Å². The first kappa shape index (κ1) is 12.4. The van der Waals surface area contributed by atoms with Gasteiger partial charge in [-0.15, -0.1) is 0 Å². The minimum absolute atomic E-state index is 0.429. The first-order valence-corrected chi connectivity index (χ1v) is 6.69. The third kappa shape index (κ3) is 3.43. The summed E-state index contributed by atoms with van der Waals surface area (Å²) in [6.45, 7) is 3.17. The van der Waals surface area contributed by atoms with Crippen LogP contribution in [0.1, 0.15) is 50.6 Å². The molecule has 1 aromatic heterocycles. The van der Waals surface area contributed by atoms with Crippen LogP contribution in [0.5, 0.6) is 0 Å². The molecule has 3 heteroatoms. The van der Waals surface area contributed by atoms with Crippen LogP contribution in [0.25, 0.3) is 0 Å². The highest BCUT2D eigenvalue weighted by Crippen LogP contribution is 2.27. The van der Waals surface area contributed by atoms with Crippen LogP contribution in [0.2, 0.25) is 0 Å². The van der Waals surface area contributed by atoms with Gasteiger partial charge in [-0.3, -0.25) is 4.68 Å². The van der Waals surface area contributed by atoms with E-state index in [1.807, 2.05) is 17.9 Å². The summed E-state index contributed by atoms with van der Waals surface area (Å²) in [4.78, 5) is 0. The number of hydrogen-bond acceptors (Lipinski definition) is 2. The molecule has 1 aromatic rings. The second-order valence-electron chi connectivity index (χ2n) is 4.87. The normalized spacial score (nSPS) is 17.9. The largest absolute Gasteiger partial charge is 0.310 e. The van der Waals surface area contributed by atoms with E-state index in [0.29, 0.717) is 6.04 Å². The summed E-state index contributed by atoms with van der Waals surface area (Å²) in [7, 11) is 1.98. The number of nitrogens with zero attached hydrogens (tertiary/aromatic N) is 2. The highest BCUT2D eigenvalue weighted by atomic mass is 15.2. The third-order valence-electron chi connectivity index (χ3n) is 3.43. The number of aryl methyl sites for hydroxylation is 1. The Balaban J connectivity index is 2.04. The van der Waals surface area contributed by atoms with Gasteiger partial charge in [0.2, 0.25) is 0 Å². The Morgan fingerprint density at radius 2 is 2.35 bits per heavy atom. The van der Waals surface area contributed by atoms with Crippen molar-refractivity contribution >= 4 is 0 Å². The van der Waals surface area contributed by atoms with Gasteiger partial charge in [0.25, 0.3) is 0 Å². The van der Waals surface area contributed by atoms with E-state index >= 15 is 0 Å². The van der Waals surface area contributed by atoms with Gasteiger partial charge < -0.3 is 5.32 Å². The molecule has 0 aromatic carbocycles. The van der Waals surface area contributed by atoms with Crippen LogP contribution in [-0.2, 0) is 7.05 Å². The molecule has 1 aliphatic carbocycles. The Bertz CT molecular complexity index is 379. The average Bonchev–Trinajstić information content (AvgIpc) is 2.77. The molecule has 0 saturated heterocycles. The second kappa shape index (κ2) is 6.01. The molecule has 1 heterocycles. The summed E-state index contributed by atoms with van der Waals surface area (Å²) in [6, 6.07) is 0.429. The zero-order chi connectivity index (χ0) is 12.1. The highest BCUT2D eigenvalue weighted by Gasteiger charge is 2.15. The van der Waals surface area contributed by atoms with Crippen LogP contribution in [0.4, 0.5) is 0 Å². The van der Waals surface area contributed by atoms with Crippen molar-refractivity contribution in [2.45, 2.75) is 45.1 Å². The van der Waals surface area contributed by atoms with Crippen molar-refractivity contribution in [3.8, 4) is 0 Å². The predicted octanol–water partition coefficient (Wildman–Crippen LogP) is 2.96. The molecule has 0 spiro atoms. The molecule has 1 N–H and O–H groups in total. The third-order valence-corrected chi connectivity index (χ3v) is 3.43. The summed E-state index contributed by atoms with van der Waals surface area (Å²) in [6.07, 6.45) is 12.9. The number of aromatic nitrogens is 2. The molecule has 0 amide bonds. The van der Waals surface area contributed by atoms with Crippen molar-refractivity contribution < 1.29 is 0 Å². The summed E-state index contributed by atoms with van der Waals surface area (Å²) < 4.78 is 1.88. The molecule has 0 aliphatic heterocycles. The van der Waals surface area contributed by atoms with Gasteiger partial charge in [-0.25, -0.2) is 0 Å². The number of rotatable bonds is 5. The Morgan fingerprint density at radius 1 is 1.47 bits per heavy atom. The molecule has 94 valence electrons. The summed E-state index contributed by atoms with van der Waals surface area (Å²) in [5.74, 6) is 0. The maximum atomic E-state index is 4.27. The Hall–Kier alpha value is -1.09. The molecule has 1 atom stereocenters. The molecule has 0 radical (unpaired) electrons. The molecular formula is C14H23N3. The average molecular weight is 233 g/mol. The lowest BCUT2D eigenvalue weighted by molar-refractivity contribution is 0.527. The van der Waals surface area contributed by atoms with Crippen molar-refractivity contribution in [2.75, 3.05) is 6.54 Å². The number of allylic oxidation sites excluding steroid dienone is 1. The van der Waals surface area contributed by atoms with Crippen LogP contribution >= 0.6 is 0 Å². The lowest BCUT2D eigenvalue weighted by Crippen LogP contribution is -2.21. The van der Waals surface area contributed by atoms with Gasteiger partial charge in [-0.1, -0.05) is 18.6 Å². The fraction of sp³-hybridized carbons (Fsp3) is 0.643. The first-order valence-electron chi connectivity index (χ1n) is 6.69. The Labute approximate surface area is 104 Å². The van der Waals surface area contributed by atoms with Gasteiger partial charge >= 0.3 is 0 Å². The molecule has 17 heavy (non-hydrogen) atoms. The van der Waals surface area contributed by atoms with Crippen molar-refractivity contribution in [1.29, 1.82) is 0 Å². The highest BCUT2D eigenvalue weighted by molar-refractivity contribution is 5.16. The predicted molar refractivity (Wildman–Crippen MR) is 70.8 cm³/mol. The number of nitrogens with one attached hydrogen (secondary N) is 1. The molecular weight excluding hydrogens is 210 g/mol. The molecule has 0 saturated carbocycles. The van der Waals surface area contributed by atoms with Crippen molar-refractivity contribution in [2.24, 2.45) is 7.05 Å². The van der Waals surface area contributed by atoms with Crippen molar-refractivity contribution in [3.63, 3.8) is 0 Å². The van der Waals surface area contributed by atoms with Gasteiger partial charge in [0, 0.05) is 24.8 Å². The Kier molecular flexibility index (Phi) is 4.37. The van der Waals surface area contributed by atoms with Crippen LogP contribution in [0, 0.1) is 0 Å². The Morgan fingerprint density at radius 3 is 2.94 bits per heavy atom. The SMILES string of the molecule is CCNC(CC1=CCCCC1)c1cnn(C)c1. The van der Waals surface area contributed by atoms with Crippen LogP contribution in [-0.4, -0.2) is 16.3 Å². The topological polar surface area (TPSA) is 29.9 Å². The molecule has 3 nitrogen and oxygen atoms in total. The molecule has 2 rings (SSSR count). The van der Waals surface area contributed by atoms with E-state index in [0.717, 1.165) is 13.0 Å². The van der Waals surface area contributed by atoms with Crippen molar-refractivity contribution in [1.82, 2.24) is 15.1 Å². The van der Waals surface area contributed by atoms with E-state index in [1.54, 1.807) is 5.57 Å². The zero-order valence-corrected chi connectivity index (χ0v) is 10.9. The van der Waals surface area contributed by atoms with Gasteiger partial charge in [-0.2, -0.15) is 5.10 Å². The maximum Gasteiger partial charge on any atom is 0.0537 e.